The number of carboxylic acid groups (broad SMARTS) is 1. The van der Waals surface area contributed by atoms with Gasteiger partial charge in [0.1, 0.15) is 5.82 Å². The van der Waals surface area contributed by atoms with E-state index in [1.165, 1.54) is 25.1 Å². The maximum Gasteiger partial charge on any atom is 0.422 e. The summed E-state index contributed by atoms with van der Waals surface area (Å²) in [4.78, 5) is 27.4. The van der Waals surface area contributed by atoms with Crippen molar-refractivity contribution in [1.82, 2.24) is 9.88 Å². The molecule has 1 amide bonds. The first-order valence-electron chi connectivity index (χ1n) is 5.75. The maximum atomic E-state index is 12.8. The SMILES string of the molecule is CN(C)C(=O)c1ccc(NC(C)(C(=O)O)C(F)(F)F)nc1. The van der Waals surface area contributed by atoms with Crippen LogP contribution in [0.25, 0.3) is 0 Å². The molecular weight excluding hydrogens is 291 g/mol. The zero-order valence-corrected chi connectivity index (χ0v) is 11.5. The summed E-state index contributed by atoms with van der Waals surface area (Å²) in [6.07, 6.45) is -3.94. The number of carboxylic acids is 1. The second-order valence-electron chi connectivity index (χ2n) is 4.68. The Balaban J connectivity index is 3.03. The number of amides is 1. The molecule has 0 aromatic carbocycles. The van der Waals surface area contributed by atoms with Crippen LogP contribution in [-0.4, -0.2) is 52.7 Å². The van der Waals surface area contributed by atoms with Crippen molar-refractivity contribution < 1.29 is 27.9 Å². The van der Waals surface area contributed by atoms with Crippen LogP contribution in [0.4, 0.5) is 19.0 Å². The summed E-state index contributed by atoms with van der Waals surface area (Å²) in [6.45, 7) is 0.496. The number of carbonyl (C=O) groups excluding carboxylic acids is 1. The Hall–Kier alpha value is -2.32. The smallest absolute Gasteiger partial charge is 0.422 e. The van der Waals surface area contributed by atoms with Gasteiger partial charge in [0.2, 0.25) is 5.54 Å². The van der Waals surface area contributed by atoms with Crippen molar-refractivity contribution >= 4 is 17.7 Å². The molecular formula is C12H14F3N3O3. The van der Waals surface area contributed by atoms with Gasteiger partial charge in [0.05, 0.1) is 5.56 Å². The maximum absolute atomic E-state index is 12.8. The van der Waals surface area contributed by atoms with Gasteiger partial charge in [-0.1, -0.05) is 0 Å². The highest BCUT2D eigenvalue weighted by atomic mass is 19.4. The van der Waals surface area contributed by atoms with Crippen LogP contribution in [0.2, 0.25) is 0 Å². The molecule has 1 aromatic rings. The highest BCUT2D eigenvalue weighted by molar-refractivity contribution is 5.93. The van der Waals surface area contributed by atoms with Crippen molar-refractivity contribution in [3.05, 3.63) is 23.9 Å². The summed E-state index contributed by atoms with van der Waals surface area (Å²) in [5.41, 5.74) is -3.00. The van der Waals surface area contributed by atoms with Crippen molar-refractivity contribution in [2.24, 2.45) is 0 Å². The number of alkyl halides is 3. The van der Waals surface area contributed by atoms with E-state index in [0.29, 0.717) is 6.92 Å². The highest BCUT2D eigenvalue weighted by Gasteiger charge is 2.57. The molecule has 0 radical (unpaired) electrons. The van der Waals surface area contributed by atoms with E-state index in [-0.39, 0.29) is 17.3 Å². The lowest BCUT2D eigenvalue weighted by Gasteiger charge is -2.29. The third-order valence-electron chi connectivity index (χ3n) is 2.79. The second kappa shape index (κ2) is 5.58. The van der Waals surface area contributed by atoms with Gasteiger partial charge in [0.25, 0.3) is 5.91 Å². The average Bonchev–Trinajstić information content (AvgIpc) is 2.37. The van der Waals surface area contributed by atoms with Crippen molar-refractivity contribution in [2.45, 2.75) is 18.6 Å². The van der Waals surface area contributed by atoms with Crippen LogP contribution in [0, 0.1) is 0 Å². The number of nitrogens with zero attached hydrogens (tertiary/aromatic N) is 2. The van der Waals surface area contributed by atoms with E-state index in [2.05, 4.69) is 4.98 Å². The van der Waals surface area contributed by atoms with Crippen LogP contribution in [0.5, 0.6) is 0 Å². The van der Waals surface area contributed by atoms with Gasteiger partial charge in [-0.25, -0.2) is 9.78 Å². The molecule has 1 unspecified atom stereocenters. The molecule has 0 bridgehead atoms. The molecule has 1 rings (SSSR count). The molecule has 1 heterocycles. The minimum Gasteiger partial charge on any atom is -0.479 e. The molecule has 0 aliphatic rings. The molecule has 1 atom stereocenters. The number of pyridine rings is 1. The Kier molecular flexibility index (Phi) is 4.45. The quantitative estimate of drug-likeness (QED) is 0.883. The summed E-state index contributed by atoms with van der Waals surface area (Å²) >= 11 is 0. The fourth-order valence-electron chi connectivity index (χ4n) is 1.35. The van der Waals surface area contributed by atoms with Crippen LogP contribution >= 0.6 is 0 Å². The van der Waals surface area contributed by atoms with Gasteiger partial charge >= 0.3 is 12.1 Å². The molecule has 1 aromatic heterocycles. The lowest BCUT2D eigenvalue weighted by molar-refractivity contribution is -0.192. The monoisotopic (exact) mass is 305 g/mol. The Labute approximate surface area is 118 Å². The summed E-state index contributed by atoms with van der Waals surface area (Å²) in [5, 5.41) is 10.6. The average molecular weight is 305 g/mol. The molecule has 9 heteroatoms. The van der Waals surface area contributed by atoms with Crippen molar-refractivity contribution in [3.8, 4) is 0 Å². The molecule has 0 aliphatic heterocycles. The lowest BCUT2D eigenvalue weighted by Crippen LogP contribution is -2.55. The Morgan fingerprint density at radius 3 is 2.19 bits per heavy atom. The van der Waals surface area contributed by atoms with Crippen molar-refractivity contribution in [3.63, 3.8) is 0 Å². The van der Waals surface area contributed by atoms with E-state index in [4.69, 9.17) is 5.11 Å². The molecule has 2 N–H and O–H groups in total. The second-order valence-corrected chi connectivity index (χ2v) is 4.68. The van der Waals surface area contributed by atoms with Crippen LogP contribution in [0.1, 0.15) is 17.3 Å². The van der Waals surface area contributed by atoms with Crippen LogP contribution in [0.3, 0.4) is 0 Å². The zero-order valence-electron chi connectivity index (χ0n) is 11.5. The normalized spacial score (nSPS) is 14.2. The standard InChI is InChI=1S/C12H14F3N3O3/c1-11(10(20)21,12(13,14)15)17-8-5-4-7(6-16-8)9(19)18(2)3/h4-6H,1-3H3,(H,16,17)(H,20,21). The third-order valence-corrected chi connectivity index (χ3v) is 2.79. The van der Waals surface area contributed by atoms with Gasteiger partial charge in [0.15, 0.2) is 0 Å². The Morgan fingerprint density at radius 1 is 1.29 bits per heavy atom. The fraction of sp³-hybridized carbons (Fsp3) is 0.417. The Morgan fingerprint density at radius 2 is 1.86 bits per heavy atom. The van der Waals surface area contributed by atoms with Crippen LogP contribution in [-0.2, 0) is 4.79 Å². The van der Waals surface area contributed by atoms with Gasteiger partial charge < -0.3 is 15.3 Å². The summed E-state index contributed by atoms with van der Waals surface area (Å²) < 4.78 is 38.5. The van der Waals surface area contributed by atoms with Gasteiger partial charge in [0, 0.05) is 20.3 Å². The first kappa shape index (κ1) is 16.7. The predicted molar refractivity (Wildman–Crippen MR) is 68.0 cm³/mol. The summed E-state index contributed by atoms with van der Waals surface area (Å²) in [5.74, 6) is -2.75. The number of hydrogen-bond donors (Lipinski definition) is 2. The fourth-order valence-corrected chi connectivity index (χ4v) is 1.35. The molecule has 116 valence electrons. The minimum absolute atomic E-state index is 0.176. The number of aromatic nitrogens is 1. The number of halogens is 3. The number of rotatable bonds is 4. The highest BCUT2D eigenvalue weighted by Crippen LogP contribution is 2.33. The molecule has 0 saturated carbocycles. The van der Waals surface area contributed by atoms with Gasteiger partial charge in [-0.2, -0.15) is 13.2 Å². The van der Waals surface area contributed by atoms with E-state index in [1.54, 1.807) is 0 Å². The van der Waals surface area contributed by atoms with E-state index < -0.39 is 17.7 Å². The minimum atomic E-state index is -5.02. The summed E-state index contributed by atoms with van der Waals surface area (Å²) in [7, 11) is 3.03. The number of anilines is 1. The number of hydrogen-bond acceptors (Lipinski definition) is 4. The molecule has 0 fully saturated rings. The van der Waals surface area contributed by atoms with Gasteiger partial charge in [-0.3, -0.25) is 4.79 Å². The number of nitrogens with one attached hydrogen (secondary N) is 1. The third kappa shape index (κ3) is 3.41. The van der Waals surface area contributed by atoms with E-state index in [0.717, 1.165) is 12.3 Å². The Bertz CT molecular complexity index is 543. The van der Waals surface area contributed by atoms with Crippen LogP contribution < -0.4 is 5.32 Å². The number of carbonyl (C=O) groups is 2. The van der Waals surface area contributed by atoms with E-state index in [9.17, 15) is 22.8 Å². The predicted octanol–water partition coefficient (Wildman–Crippen LogP) is 1.60. The molecule has 0 aliphatic carbocycles. The van der Waals surface area contributed by atoms with Gasteiger partial charge in [-0.05, 0) is 19.1 Å². The molecule has 0 spiro atoms. The summed E-state index contributed by atoms with van der Waals surface area (Å²) in [6, 6.07) is 2.37. The zero-order chi connectivity index (χ0) is 16.4. The van der Waals surface area contributed by atoms with Crippen molar-refractivity contribution in [1.29, 1.82) is 0 Å². The largest absolute Gasteiger partial charge is 0.479 e. The van der Waals surface area contributed by atoms with Crippen molar-refractivity contribution in [2.75, 3.05) is 19.4 Å². The topological polar surface area (TPSA) is 82.5 Å². The van der Waals surface area contributed by atoms with Crippen LogP contribution in [0.15, 0.2) is 18.3 Å². The van der Waals surface area contributed by atoms with E-state index in [1.807, 2.05) is 5.32 Å². The first-order valence-corrected chi connectivity index (χ1v) is 5.75. The first-order chi connectivity index (χ1) is 9.49. The lowest BCUT2D eigenvalue weighted by atomic mass is 10.0. The number of aliphatic carboxylic acids is 1. The van der Waals surface area contributed by atoms with Gasteiger partial charge in [-0.15, -0.1) is 0 Å². The van der Waals surface area contributed by atoms with E-state index >= 15 is 0 Å². The molecule has 6 nitrogen and oxygen atoms in total. The molecule has 0 saturated heterocycles. The molecule has 21 heavy (non-hydrogen) atoms.